The number of ether oxygens (including phenoxy) is 1. The Balaban J connectivity index is 2.10. The zero-order valence-electron chi connectivity index (χ0n) is 12.9. The molecule has 0 saturated heterocycles. The van der Waals surface area contributed by atoms with Crippen molar-refractivity contribution in [3.8, 4) is 5.88 Å². The monoisotopic (exact) mass is 275 g/mol. The van der Waals surface area contributed by atoms with Crippen LogP contribution in [0.3, 0.4) is 0 Å². The largest absolute Gasteiger partial charge is 0.477 e. The summed E-state index contributed by atoms with van der Waals surface area (Å²) in [7, 11) is 0. The number of hydrogen-bond donors (Lipinski definition) is 1. The van der Waals surface area contributed by atoms with Gasteiger partial charge in [0.1, 0.15) is 11.6 Å². The van der Waals surface area contributed by atoms with Gasteiger partial charge in [0.25, 0.3) is 0 Å². The van der Waals surface area contributed by atoms with Crippen LogP contribution in [-0.2, 0) is 0 Å². The van der Waals surface area contributed by atoms with Crippen LogP contribution < -0.4 is 10.5 Å². The van der Waals surface area contributed by atoms with E-state index < -0.39 is 0 Å². The molecule has 4 heteroatoms. The molecule has 1 aliphatic rings. The number of rotatable bonds is 4. The van der Waals surface area contributed by atoms with Crippen LogP contribution in [0.1, 0.15) is 50.9 Å². The molecule has 1 aromatic rings. The molecular weight excluding hydrogens is 250 g/mol. The molecule has 0 bridgehead atoms. The summed E-state index contributed by atoms with van der Waals surface area (Å²) < 4.78 is 5.95. The van der Waals surface area contributed by atoms with Gasteiger partial charge in [-0.3, -0.25) is 0 Å². The van der Waals surface area contributed by atoms with E-state index in [4.69, 9.17) is 10.5 Å². The second-order valence-corrected chi connectivity index (χ2v) is 6.04. The third kappa shape index (κ3) is 3.30. The van der Waals surface area contributed by atoms with Crippen molar-refractivity contribution in [3.63, 3.8) is 0 Å². The van der Waals surface area contributed by atoms with Gasteiger partial charge >= 0.3 is 0 Å². The Kier molecular flexibility index (Phi) is 4.63. The standard InChI is InChI=1S/C16H25N3O/c1-10(2)15-18-14(17)12(4)16(19-15)20-9-13-8-6-5-7-11(13)3/h5-6,10-11,13H,7-9H2,1-4H3,(H2,17,18,19). The first kappa shape index (κ1) is 14.8. The van der Waals surface area contributed by atoms with Gasteiger partial charge in [0.15, 0.2) is 0 Å². The summed E-state index contributed by atoms with van der Waals surface area (Å²) in [6, 6.07) is 0. The first-order valence-corrected chi connectivity index (χ1v) is 7.40. The van der Waals surface area contributed by atoms with Crippen LogP contribution in [0.5, 0.6) is 5.88 Å². The second-order valence-electron chi connectivity index (χ2n) is 6.04. The third-order valence-electron chi connectivity index (χ3n) is 4.02. The maximum atomic E-state index is 5.95. The van der Waals surface area contributed by atoms with Crippen LogP contribution in [0.25, 0.3) is 0 Å². The first-order chi connectivity index (χ1) is 9.49. The topological polar surface area (TPSA) is 61.0 Å². The van der Waals surface area contributed by atoms with Crippen molar-refractivity contribution in [2.24, 2.45) is 11.8 Å². The summed E-state index contributed by atoms with van der Waals surface area (Å²) in [5, 5.41) is 0. The van der Waals surface area contributed by atoms with Gasteiger partial charge in [-0.05, 0) is 31.6 Å². The summed E-state index contributed by atoms with van der Waals surface area (Å²) in [5.74, 6) is 3.37. The normalized spacial score (nSPS) is 22.2. The minimum Gasteiger partial charge on any atom is -0.477 e. The Morgan fingerprint density at radius 2 is 2.00 bits per heavy atom. The zero-order chi connectivity index (χ0) is 14.7. The van der Waals surface area contributed by atoms with Crippen LogP contribution >= 0.6 is 0 Å². The fourth-order valence-electron chi connectivity index (χ4n) is 2.35. The molecule has 0 aromatic carbocycles. The predicted octanol–water partition coefficient (Wildman–Crippen LogP) is 3.47. The van der Waals surface area contributed by atoms with E-state index in [-0.39, 0.29) is 5.92 Å². The molecule has 0 amide bonds. The molecule has 4 nitrogen and oxygen atoms in total. The maximum absolute atomic E-state index is 5.95. The highest BCUT2D eigenvalue weighted by Gasteiger charge is 2.20. The minimum atomic E-state index is 0.247. The van der Waals surface area contributed by atoms with Crippen molar-refractivity contribution >= 4 is 5.82 Å². The highest BCUT2D eigenvalue weighted by atomic mass is 16.5. The average molecular weight is 275 g/mol. The highest BCUT2D eigenvalue weighted by Crippen LogP contribution is 2.28. The van der Waals surface area contributed by atoms with E-state index in [1.165, 1.54) is 0 Å². The highest BCUT2D eigenvalue weighted by molar-refractivity contribution is 5.44. The van der Waals surface area contributed by atoms with Crippen LogP contribution in [0, 0.1) is 18.8 Å². The van der Waals surface area contributed by atoms with Crippen molar-refractivity contribution in [1.29, 1.82) is 0 Å². The summed E-state index contributed by atoms with van der Waals surface area (Å²) in [6.07, 6.45) is 6.72. The Labute approximate surface area is 121 Å². The SMILES string of the molecule is Cc1c(N)nc(C(C)C)nc1OCC1CC=CCC1C. The molecule has 0 fully saturated rings. The predicted molar refractivity (Wildman–Crippen MR) is 81.8 cm³/mol. The number of aromatic nitrogens is 2. The van der Waals surface area contributed by atoms with E-state index >= 15 is 0 Å². The smallest absolute Gasteiger partial charge is 0.221 e. The lowest BCUT2D eigenvalue weighted by Crippen LogP contribution is -2.22. The van der Waals surface area contributed by atoms with Gasteiger partial charge in [-0.25, -0.2) is 4.98 Å². The Bertz CT molecular complexity index is 497. The zero-order valence-corrected chi connectivity index (χ0v) is 12.9. The number of hydrogen-bond acceptors (Lipinski definition) is 4. The number of nitrogen functional groups attached to an aromatic ring is 1. The van der Waals surface area contributed by atoms with E-state index in [1.54, 1.807) is 0 Å². The molecular formula is C16H25N3O. The lowest BCUT2D eigenvalue weighted by Gasteiger charge is -2.25. The lowest BCUT2D eigenvalue weighted by molar-refractivity contribution is 0.191. The summed E-state index contributed by atoms with van der Waals surface area (Å²) >= 11 is 0. The quantitative estimate of drug-likeness (QED) is 0.855. The Morgan fingerprint density at radius 3 is 2.65 bits per heavy atom. The van der Waals surface area contributed by atoms with Crippen molar-refractivity contribution < 1.29 is 4.74 Å². The Hall–Kier alpha value is -1.58. The van der Waals surface area contributed by atoms with Gasteiger partial charge in [0, 0.05) is 5.92 Å². The van der Waals surface area contributed by atoms with Gasteiger partial charge < -0.3 is 10.5 Å². The molecule has 2 N–H and O–H groups in total. The van der Waals surface area contributed by atoms with Crippen LogP contribution in [0.15, 0.2) is 12.2 Å². The lowest BCUT2D eigenvalue weighted by atomic mass is 9.85. The molecule has 20 heavy (non-hydrogen) atoms. The number of allylic oxidation sites excluding steroid dienone is 2. The van der Waals surface area contributed by atoms with Crippen molar-refractivity contribution in [3.05, 3.63) is 23.5 Å². The molecule has 1 heterocycles. The molecule has 0 saturated carbocycles. The number of nitrogens with two attached hydrogens (primary N) is 1. The van der Waals surface area contributed by atoms with Crippen LogP contribution in [-0.4, -0.2) is 16.6 Å². The third-order valence-corrected chi connectivity index (χ3v) is 4.02. The molecule has 1 aliphatic carbocycles. The van der Waals surface area contributed by atoms with E-state index in [1.807, 2.05) is 6.92 Å². The molecule has 110 valence electrons. The van der Waals surface area contributed by atoms with E-state index in [2.05, 4.69) is 42.9 Å². The maximum Gasteiger partial charge on any atom is 0.221 e. The second kappa shape index (κ2) is 6.25. The number of anilines is 1. The van der Waals surface area contributed by atoms with Crippen molar-refractivity contribution in [1.82, 2.24) is 9.97 Å². The van der Waals surface area contributed by atoms with E-state index in [9.17, 15) is 0 Å². The average Bonchev–Trinajstić information content (AvgIpc) is 2.41. The van der Waals surface area contributed by atoms with Crippen LogP contribution in [0.4, 0.5) is 5.82 Å². The fraction of sp³-hybridized carbons (Fsp3) is 0.625. The van der Waals surface area contributed by atoms with Gasteiger partial charge in [0.2, 0.25) is 5.88 Å². The van der Waals surface area contributed by atoms with E-state index in [0.29, 0.717) is 30.1 Å². The fourth-order valence-corrected chi connectivity index (χ4v) is 2.35. The van der Waals surface area contributed by atoms with Crippen LogP contribution in [0.2, 0.25) is 0 Å². The minimum absolute atomic E-state index is 0.247. The summed E-state index contributed by atoms with van der Waals surface area (Å²) in [6.45, 7) is 9.00. The molecule has 2 rings (SSSR count). The van der Waals surface area contributed by atoms with E-state index in [0.717, 1.165) is 24.2 Å². The summed E-state index contributed by atoms with van der Waals surface area (Å²) in [4.78, 5) is 8.83. The molecule has 2 unspecified atom stereocenters. The van der Waals surface area contributed by atoms with Gasteiger partial charge in [-0.15, -0.1) is 0 Å². The van der Waals surface area contributed by atoms with Crippen molar-refractivity contribution in [2.75, 3.05) is 12.3 Å². The van der Waals surface area contributed by atoms with Crippen molar-refractivity contribution in [2.45, 2.75) is 46.5 Å². The Morgan fingerprint density at radius 1 is 1.30 bits per heavy atom. The molecule has 0 aliphatic heterocycles. The van der Waals surface area contributed by atoms with Gasteiger partial charge in [0.05, 0.1) is 12.2 Å². The molecule has 1 aromatic heterocycles. The number of nitrogens with zero attached hydrogens (tertiary/aromatic N) is 2. The molecule has 2 atom stereocenters. The van der Waals surface area contributed by atoms with Gasteiger partial charge in [-0.1, -0.05) is 32.9 Å². The van der Waals surface area contributed by atoms with Gasteiger partial charge in [-0.2, -0.15) is 4.98 Å². The molecule has 0 spiro atoms. The first-order valence-electron chi connectivity index (χ1n) is 7.40. The summed E-state index contributed by atoms with van der Waals surface area (Å²) in [5.41, 5.74) is 6.79. The molecule has 0 radical (unpaired) electrons.